The molecule has 0 saturated carbocycles. The maximum absolute atomic E-state index is 13.1. The molecule has 0 unspecified atom stereocenters. The zero-order chi connectivity index (χ0) is 23.2. The number of ether oxygens (including phenoxy) is 2. The van der Waals surface area contributed by atoms with Gasteiger partial charge in [0.05, 0.1) is 25.8 Å². The van der Waals surface area contributed by atoms with E-state index in [1.165, 1.54) is 5.56 Å². The van der Waals surface area contributed by atoms with Gasteiger partial charge in [0.15, 0.2) is 5.82 Å². The average molecular weight is 465 g/mol. The van der Waals surface area contributed by atoms with E-state index in [0.29, 0.717) is 23.7 Å². The van der Waals surface area contributed by atoms with Gasteiger partial charge in [-0.15, -0.1) is 0 Å². The van der Waals surface area contributed by atoms with Crippen LogP contribution in [0.5, 0.6) is 11.5 Å². The summed E-state index contributed by atoms with van der Waals surface area (Å²) in [5.74, 6) is 1.88. The number of carbonyl (C=O) groups excluding carboxylic acids is 1. The van der Waals surface area contributed by atoms with E-state index in [9.17, 15) is 4.79 Å². The highest BCUT2D eigenvalue weighted by molar-refractivity contribution is 7.99. The largest absolute Gasteiger partial charge is 0.497 e. The van der Waals surface area contributed by atoms with Gasteiger partial charge in [0.25, 0.3) is 0 Å². The summed E-state index contributed by atoms with van der Waals surface area (Å²) in [6.45, 7) is 3.50. The quantitative estimate of drug-likeness (QED) is 0.538. The van der Waals surface area contributed by atoms with E-state index < -0.39 is 0 Å². The summed E-state index contributed by atoms with van der Waals surface area (Å²) in [5, 5.41) is 3.87. The van der Waals surface area contributed by atoms with Crippen LogP contribution in [-0.2, 0) is 4.79 Å². The summed E-state index contributed by atoms with van der Waals surface area (Å²) >= 11 is 1.59. The molecular formula is C25H28N4O3S. The number of hydrogen-bond donors (Lipinski definition) is 1. The Morgan fingerprint density at radius 1 is 1.09 bits per heavy atom. The second-order valence-electron chi connectivity index (χ2n) is 7.94. The van der Waals surface area contributed by atoms with Gasteiger partial charge in [-0.05, 0) is 44.0 Å². The summed E-state index contributed by atoms with van der Waals surface area (Å²) in [5.41, 5.74) is 1.85. The first kappa shape index (κ1) is 22.9. The molecule has 2 aromatic carbocycles. The number of nitrogens with one attached hydrogen (secondary N) is 1. The zero-order valence-corrected chi connectivity index (χ0v) is 19.9. The molecule has 1 aliphatic rings. The SMILES string of the molecule is COc1ccc(NC(=O)[C@H]2CCCN(c3nccnc3Sc3ccc(C)cc3)C2)c(OC)c1. The van der Waals surface area contributed by atoms with Gasteiger partial charge >= 0.3 is 0 Å². The molecule has 1 N–H and O–H groups in total. The lowest BCUT2D eigenvalue weighted by Crippen LogP contribution is -2.41. The van der Waals surface area contributed by atoms with Gasteiger partial charge in [0.2, 0.25) is 5.91 Å². The molecule has 1 fully saturated rings. The molecule has 4 rings (SSSR count). The number of rotatable bonds is 7. The van der Waals surface area contributed by atoms with Crippen LogP contribution in [-0.4, -0.2) is 43.2 Å². The number of nitrogens with zero attached hydrogens (tertiary/aromatic N) is 3. The minimum Gasteiger partial charge on any atom is -0.497 e. The van der Waals surface area contributed by atoms with Crippen molar-refractivity contribution in [1.82, 2.24) is 9.97 Å². The Balaban J connectivity index is 1.48. The third-order valence-corrected chi connectivity index (χ3v) is 6.63. The maximum atomic E-state index is 13.1. The molecule has 0 spiro atoms. The third kappa shape index (κ3) is 5.57. The number of anilines is 2. The summed E-state index contributed by atoms with van der Waals surface area (Å²) < 4.78 is 10.7. The van der Waals surface area contributed by atoms with Crippen LogP contribution in [0.3, 0.4) is 0 Å². The number of aryl methyl sites for hydroxylation is 1. The molecule has 172 valence electrons. The van der Waals surface area contributed by atoms with Gasteiger partial charge in [-0.1, -0.05) is 29.5 Å². The lowest BCUT2D eigenvalue weighted by atomic mass is 9.97. The highest BCUT2D eigenvalue weighted by Gasteiger charge is 2.28. The molecule has 1 aliphatic heterocycles. The molecule has 1 atom stereocenters. The van der Waals surface area contributed by atoms with Crippen molar-refractivity contribution in [3.8, 4) is 11.5 Å². The predicted molar refractivity (Wildman–Crippen MR) is 130 cm³/mol. The summed E-state index contributed by atoms with van der Waals surface area (Å²) in [6, 6.07) is 13.7. The van der Waals surface area contributed by atoms with Crippen LogP contribution in [0.15, 0.2) is 64.8 Å². The lowest BCUT2D eigenvalue weighted by molar-refractivity contribution is -0.120. The summed E-state index contributed by atoms with van der Waals surface area (Å²) in [7, 11) is 3.18. The van der Waals surface area contributed by atoms with Crippen LogP contribution >= 0.6 is 11.8 Å². The molecule has 0 aliphatic carbocycles. The first-order valence-electron chi connectivity index (χ1n) is 10.9. The first-order chi connectivity index (χ1) is 16.1. The van der Waals surface area contributed by atoms with Crippen molar-refractivity contribution in [3.05, 3.63) is 60.4 Å². The smallest absolute Gasteiger partial charge is 0.229 e. The van der Waals surface area contributed by atoms with Gasteiger partial charge in [0.1, 0.15) is 16.5 Å². The molecule has 8 heteroatoms. The van der Waals surface area contributed by atoms with E-state index in [0.717, 1.165) is 35.1 Å². The Morgan fingerprint density at radius 3 is 2.64 bits per heavy atom. The number of carbonyl (C=O) groups is 1. The van der Waals surface area contributed by atoms with Crippen LogP contribution < -0.4 is 19.7 Å². The Labute approximate surface area is 198 Å². The van der Waals surface area contributed by atoms with Gasteiger partial charge in [0, 0.05) is 36.4 Å². The molecule has 0 radical (unpaired) electrons. The van der Waals surface area contributed by atoms with Gasteiger partial charge in [-0.25, -0.2) is 9.97 Å². The maximum Gasteiger partial charge on any atom is 0.229 e. The van der Waals surface area contributed by atoms with Crippen molar-refractivity contribution < 1.29 is 14.3 Å². The van der Waals surface area contributed by atoms with Crippen LogP contribution in [0.2, 0.25) is 0 Å². The number of hydrogen-bond acceptors (Lipinski definition) is 7. The number of amides is 1. The lowest BCUT2D eigenvalue weighted by Gasteiger charge is -2.33. The fourth-order valence-corrected chi connectivity index (χ4v) is 4.73. The molecule has 1 saturated heterocycles. The number of methoxy groups -OCH3 is 2. The fraction of sp³-hybridized carbons (Fsp3) is 0.320. The molecule has 1 amide bonds. The molecule has 7 nitrogen and oxygen atoms in total. The van der Waals surface area contributed by atoms with Crippen LogP contribution in [0.25, 0.3) is 0 Å². The Bertz CT molecular complexity index is 1110. The molecule has 33 heavy (non-hydrogen) atoms. The minimum atomic E-state index is -0.162. The van der Waals surface area contributed by atoms with E-state index >= 15 is 0 Å². The van der Waals surface area contributed by atoms with Crippen molar-refractivity contribution >= 4 is 29.2 Å². The van der Waals surface area contributed by atoms with E-state index in [1.807, 2.05) is 0 Å². The van der Waals surface area contributed by atoms with E-state index in [4.69, 9.17) is 9.47 Å². The van der Waals surface area contributed by atoms with Crippen molar-refractivity contribution in [2.75, 3.05) is 37.5 Å². The highest BCUT2D eigenvalue weighted by atomic mass is 32.2. The van der Waals surface area contributed by atoms with Gasteiger partial charge in [-0.2, -0.15) is 0 Å². The van der Waals surface area contributed by atoms with Crippen LogP contribution in [0, 0.1) is 12.8 Å². The van der Waals surface area contributed by atoms with E-state index in [2.05, 4.69) is 51.4 Å². The standard InChI is InChI=1S/C25H28N4O3S/c1-17-6-9-20(10-7-17)33-25-23(26-12-13-27-25)29-14-4-5-18(16-29)24(30)28-21-11-8-19(31-2)15-22(21)32-3/h6-13,15,18H,4-5,14,16H2,1-3H3,(H,28,30)/t18-/m0/s1. The van der Waals surface area contributed by atoms with Gasteiger partial charge < -0.3 is 19.7 Å². The van der Waals surface area contributed by atoms with Crippen LogP contribution in [0.4, 0.5) is 11.5 Å². The van der Waals surface area contributed by atoms with Crippen molar-refractivity contribution in [2.45, 2.75) is 29.7 Å². The topological polar surface area (TPSA) is 76.6 Å². The highest BCUT2D eigenvalue weighted by Crippen LogP contribution is 2.35. The monoisotopic (exact) mass is 464 g/mol. The normalized spacial score (nSPS) is 15.7. The van der Waals surface area contributed by atoms with E-state index in [-0.39, 0.29) is 11.8 Å². The summed E-state index contributed by atoms with van der Waals surface area (Å²) in [6.07, 6.45) is 5.15. The number of aromatic nitrogens is 2. The molecule has 3 aromatic rings. The molecule has 1 aromatic heterocycles. The van der Waals surface area contributed by atoms with Crippen molar-refractivity contribution in [3.63, 3.8) is 0 Å². The molecular weight excluding hydrogens is 436 g/mol. The Kier molecular flexibility index (Phi) is 7.34. The van der Waals surface area contributed by atoms with Crippen molar-refractivity contribution in [2.24, 2.45) is 5.92 Å². The van der Waals surface area contributed by atoms with Gasteiger partial charge in [-0.3, -0.25) is 4.79 Å². The number of piperidine rings is 1. The third-order valence-electron chi connectivity index (χ3n) is 5.64. The first-order valence-corrected chi connectivity index (χ1v) is 11.7. The fourth-order valence-electron chi connectivity index (χ4n) is 3.84. The second kappa shape index (κ2) is 10.6. The molecule has 2 heterocycles. The second-order valence-corrected chi connectivity index (χ2v) is 9.00. The Hall–Kier alpha value is -3.26. The van der Waals surface area contributed by atoms with Crippen LogP contribution in [0.1, 0.15) is 18.4 Å². The predicted octanol–water partition coefficient (Wildman–Crippen LogP) is 4.81. The molecule has 0 bridgehead atoms. The Morgan fingerprint density at radius 2 is 1.88 bits per heavy atom. The zero-order valence-electron chi connectivity index (χ0n) is 19.1. The average Bonchev–Trinajstić information content (AvgIpc) is 2.86. The van der Waals surface area contributed by atoms with E-state index in [1.54, 1.807) is 56.6 Å². The minimum absolute atomic E-state index is 0.0280. The van der Waals surface area contributed by atoms with Crippen molar-refractivity contribution in [1.29, 1.82) is 0 Å². The number of benzene rings is 2. The summed E-state index contributed by atoms with van der Waals surface area (Å²) in [4.78, 5) is 25.6.